The van der Waals surface area contributed by atoms with Crippen molar-refractivity contribution in [1.29, 1.82) is 0 Å². The van der Waals surface area contributed by atoms with E-state index in [0.717, 1.165) is 0 Å². The fourth-order valence-corrected chi connectivity index (χ4v) is 0. The van der Waals surface area contributed by atoms with Gasteiger partial charge in [-0.3, -0.25) is 0 Å². The van der Waals surface area contributed by atoms with Gasteiger partial charge in [-0.15, -0.1) is 0 Å². The third-order valence-corrected chi connectivity index (χ3v) is 0. The molecule has 0 saturated carbocycles. The van der Waals surface area contributed by atoms with Crippen molar-refractivity contribution in [1.82, 2.24) is 0 Å². The minimum absolute atomic E-state index is 0. The van der Waals surface area contributed by atoms with E-state index in [2.05, 4.69) is 0 Å². The fraction of sp³-hybridized carbons (Fsp3) is 0. The summed E-state index contributed by atoms with van der Waals surface area (Å²) in [7, 11) is 0. The largest absolute Gasteiger partial charge is 1.00 e. The first-order chi connectivity index (χ1) is 0. The number of hydrogen-bond acceptors (Lipinski definition) is 1. The molecular formula is H5BKNaO. The van der Waals surface area contributed by atoms with Crippen LogP contribution in [0.3, 0.4) is 0 Å². The zero-order chi connectivity index (χ0) is 0. The Bertz CT molecular complexity index is 8.00. The molecule has 0 unspecified atom stereocenters. The van der Waals surface area contributed by atoms with E-state index in [4.69, 9.17) is 0 Å². The van der Waals surface area contributed by atoms with Gasteiger partial charge in [0.2, 0.25) is 0 Å². The molecule has 4 heavy (non-hydrogen) atoms. The summed E-state index contributed by atoms with van der Waals surface area (Å²) in [5.74, 6) is 0. The smallest absolute Gasteiger partial charge is 0.870 e. The van der Waals surface area contributed by atoms with Crippen molar-refractivity contribution >= 4 is 8.41 Å². The SMILES string of the molecule is [BH4-].[K+].[Na+].[OH-]. The molecule has 0 spiro atoms. The average Bonchev–Trinajstić information content (AvgIpc) is 0. The van der Waals surface area contributed by atoms with Crippen LogP contribution in [-0.4, -0.2) is 13.9 Å². The van der Waals surface area contributed by atoms with Gasteiger partial charge in [0.1, 0.15) is 0 Å². The predicted molar refractivity (Wildman–Crippen MR) is 13.3 cm³/mol. The van der Waals surface area contributed by atoms with Crippen molar-refractivity contribution in [2.75, 3.05) is 0 Å². The molecule has 0 radical (unpaired) electrons. The Kier molecular flexibility index (Phi) is 131. The molecule has 0 bridgehead atoms. The monoisotopic (exact) mass is 94.0 g/mol. The summed E-state index contributed by atoms with van der Waals surface area (Å²) >= 11 is 0. The molecule has 1 nitrogen and oxygen atoms in total. The standard InChI is InChI=1S/BH4.K.Na.H2O/h1H4;;;1H2/q-1;2*+1;/p-1. The second kappa shape index (κ2) is 17.4. The topological polar surface area (TPSA) is 30.0 Å². The van der Waals surface area contributed by atoms with Crippen LogP contribution in [0.15, 0.2) is 0 Å². The molecule has 0 aliphatic carbocycles. The van der Waals surface area contributed by atoms with Crippen LogP contribution in [0.5, 0.6) is 0 Å². The Hall–Kier alpha value is 2.66. The molecule has 0 saturated heterocycles. The van der Waals surface area contributed by atoms with Crippen molar-refractivity contribution in [3.05, 3.63) is 0 Å². The average molecular weight is 93.9 g/mol. The van der Waals surface area contributed by atoms with E-state index in [1.807, 2.05) is 0 Å². The number of hydrogen-bond donors (Lipinski definition) is 0. The van der Waals surface area contributed by atoms with Crippen LogP contribution in [0.1, 0.15) is 0 Å². The van der Waals surface area contributed by atoms with Gasteiger partial charge in [0, 0.05) is 0 Å². The van der Waals surface area contributed by atoms with Crippen molar-refractivity contribution in [3.8, 4) is 0 Å². The molecule has 0 atom stereocenters. The maximum Gasteiger partial charge on any atom is 1.00 e. The molecule has 0 amide bonds. The van der Waals surface area contributed by atoms with E-state index >= 15 is 0 Å². The van der Waals surface area contributed by atoms with Gasteiger partial charge in [0.05, 0.1) is 0 Å². The summed E-state index contributed by atoms with van der Waals surface area (Å²) < 4.78 is 0. The molecule has 0 fully saturated rings. The van der Waals surface area contributed by atoms with E-state index in [1.165, 1.54) is 0 Å². The molecule has 0 aromatic heterocycles. The maximum atomic E-state index is 0. The van der Waals surface area contributed by atoms with E-state index in [9.17, 15) is 0 Å². The Balaban J connectivity index is 0. The molecule has 0 aliphatic heterocycles. The third-order valence-electron chi connectivity index (χ3n) is 0. The van der Waals surface area contributed by atoms with Crippen LogP contribution in [-0.2, 0) is 0 Å². The number of rotatable bonds is 0. The summed E-state index contributed by atoms with van der Waals surface area (Å²) in [6.45, 7) is 0. The summed E-state index contributed by atoms with van der Waals surface area (Å²) in [6, 6.07) is 0. The van der Waals surface area contributed by atoms with E-state index < -0.39 is 0 Å². The Labute approximate surface area is 92.5 Å². The first kappa shape index (κ1) is 30.1. The van der Waals surface area contributed by atoms with Gasteiger partial charge in [-0.1, -0.05) is 8.41 Å². The molecule has 0 aromatic rings. The predicted octanol–water partition coefficient (Wildman–Crippen LogP) is -7.62. The van der Waals surface area contributed by atoms with E-state index in [0.29, 0.717) is 0 Å². The maximum absolute atomic E-state index is 0. The van der Waals surface area contributed by atoms with Gasteiger partial charge in [-0.05, 0) is 0 Å². The minimum Gasteiger partial charge on any atom is -0.870 e. The summed E-state index contributed by atoms with van der Waals surface area (Å²) in [6.07, 6.45) is 0. The zero-order valence-electron chi connectivity index (χ0n) is 2.45. The zero-order valence-corrected chi connectivity index (χ0v) is 7.57. The van der Waals surface area contributed by atoms with Crippen LogP contribution in [0.25, 0.3) is 0 Å². The second-order valence-electron chi connectivity index (χ2n) is 0. The summed E-state index contributed by atoms with van der Waals surface area (Å²) in [5.41, 5.74) is 0. The van der Waals surface area contributed by atoms with Gasteiger partial charge in [-0.25, -0.2) is 0 Å². The van der Waals surface area contributed by atoms with Gasteiger partial charge >= 0.3 is 80.9 Å². The normalized spacial score (nSPS) is 0. The van der Waals surface area contributed by atoms with Crippen LogP contribution in [0.4, 0.5) is 0 Å². The molecule has 4 heteroatoms. The fourth-order valence-electron chi connectivity index (χ4n) is 0. The molecular weight excluding hydrogens is 88.9 g/mol. The van der Waals surface area contributed by atoms with Gasteiger partial charge < -0.3 is 5.48 Å². The van der Waals surface area contributed by atoms with Gasteiger partial charge in [0.25, 0.3) is 0 Å². The first-order valence-corrected chi connectivity index (χ1v) is 0. The van der Waals surface area contributed by atoms with Crippen molar-refractivity contribution in [3.63, 3.8) is 0 Å². The Morgan fingerprint density at radius 2 is 1.00 bits per heavy atom. The van der Waals surface area contributed by atoms with Crippen molar-refractivity contribution in [2.24, 2.45) is 0 Å². The van der Waals surface area contributed by atoms with Gasteiger partial charge in [0.15, 0.2) is 0 Å². The Morgan fingerprint density at radius 1 is 1.00 bits per heavy atom. The van der Waals surface area contributed by atoms with Gasteiger partial charge in [-0.2, -0.15) is 0 Å². The summed E-state index contributed by atoms with van der Waals surface area (Å²) in [4.78, 5) is 0. The molecule has 0 aromatic carbocycles. The third kappa shape index (κ3) is 8.82. The van der Waals surface area contributed by atoms with E-state index in [1.54, 1.807) is 0 Å². The second-order valence-corrected chi connectivity index (χ2v) is 0. The first-order valence-electron chi connectivity index (χ1n) is 0. The quantitative estimate of drug-likeness (QED) is 0.274. The van der Waals surface area contributed by atoms with Crippen LogP contribution < -0.4 is 80.9 Å². The molecule has 0 heterocycles. The molecule has 16 valence electrons. The molecule has 0 aliphatic rings. The van der Waals surface area contributed by atoms with E-state index in [-0.39, 0.29) is 94.8 Å². The van der Waals surface area contributed by atoms with Crippen LogP contribution in [0, 0.1) is 0 Å². The molecule has 0 rings (SSSR count). The summed E-state index contributed by atoms with van der Waals surface area (Å²) in [5, 5.41) is 0. The molecule has 1 N–H and O–H groups in total. The minimum atomic E-state index is 0. The van der Waals surface area contributed by atoms with Crippen molar-refractivity contribution in [2.45, 2.75) is 0 Å². The van der Waals surface area contributed by atoms with Crippen molar-refractivity contribution < 1.29 is 86.4 Å². The Morgan fingerprint density at radius 3 is 1.00 bits per heavy atom. The van der Waals surface area contributed by atoms with Crippen LogP contribution in [0.2, 0.25) is 0 Å². The van der Waals surface area contributed by atoms with Crippen LogP contribution >= 0.6 is 0 Å².